The van der Waals surface area contributed by atoms with Crippen LogP contribution < -0.4 is 0 Å². The maximum Gasteiger partial charge on any atom is 0.449 e. The van der Waals surface area contributed by atoms with E-state index in [0.717, 1.165) is 11.8 Å². The Hall–Kier alpha value is -2.29. The molecule has 3 nitrogen and oxygen atoms in total. The number of carbonyl (C=O) groups is 1. The van der Waals surface area contributed by atoms with Crippen LogP contribution in [0.1, 0.15) is 25.0 Å². The van der Waals surface area contributed by atoms with Gasteiger partial charge in [0, 0.05) is 6.92 Å². The number of ketones is 1. The molecule has 1 aromatic carbocycles. The first-order chi connectivity index (χ1) is 9.18. The van der Waals surface area contributed by atoms with Crippen LogP contribution >= 0.6 is 0 Å². The van der Waals surface area contributed by atoms with Gasteiger partial charge in [-0.25, -0.2) is 0 Å². The zero-order valence-electron chi connectivity index (χ0n) is 11.4. The highest BCUT2D eigenvalue weighted by atomic mass is 19.4. The molecule has 0 atom stereocenters. The Morgan fingerprint density at radius 2 is 1.65 bits per heavy atom. The molecule has 0 amide bonds. The lowest BCUT2D eigenvalue weighted by molar-refractivity contribution is -0.168. The summed E-state index contributed by atoms with van der Waals surface area (Å²) in [7, 11) is 0. The molecule has 6 heteroatoms. The number of alkyl halides is 3. The quantitative estimate of drug-likeness (QED) is 0.731. The fraction of sp³-hybridized carbons (Fsp3) is 0.286. The van der Waals surface area contributed by atoms with Gasteiger partial charge in [0.25, 0.3) is 0 Å². The first kappa shape index (κ1) is 20.0. The number of nitriles is 1. The smallest absolute Gasteiger partial charge is 0.449 e. The summed E-state index contributed by atoms with van der Waals surface area (Å²) < 4.78 is 32.5. The van der Waals surface area contributed by atoms with Crippen LogP contribution in [0.3, 0.4) is 0 Å². The van der Waals surface area contributed by atoms with Gasteiger partial charge in [0.2, 0.25) is 5.78 Å². The van der Waals surface area contributed by atoms with Gasteiger partial charge in [-0.15, -0.1) is 0 Å². The number of aliphatic hydroxyl groups excluding tert-OH is 1. The van der Waals surface area contributed by atoms with Crippen molar-refractivity contribution in [1.82, 2.24) is 0 Å². The Bertz CT molecular complexity index is 453. The topological polar surface area (TPSA) is 61.1 Å². The van der Waals surface area contributed by atoms with Crippen LogP contribution in [0.5, 0.6) is 0 Å². The number of halogens is 3. The molecule has 0 aromatic heterocycles. The summed E-state index contributed by atoms with van der Waals surface area (Å²) in [5.41, 5.74) is 1.91. The monoisotopic (exact) mass is 287 g/mol. The fourth-order valence-corrected chi connectivity index (χ4v) is 0.628. The number of hydrogen-bond donors (Lipinski definition) is 1. The normalized spacial score (nSPS) is 9.65. The third kappa shape index (κ3) is 12.2. The molecule has 0 aliphatic carbocycles. The zero-order chi connectivity index (χ0) is 16.2. The number of hydrogen-bond acceptors (Lipinski definition) is 3. The van der Waals surface area contributed by atoms with E-state index in [0.29, 0.717) is 6.92 Å². The van der Waals surface area contributed by atoms with Crippen molar-refractivity contribution in [2.75, 3.05) is 0 Å². The van der Waals surface area contributed by atoms with Gasteiger partial charge in [-0.1, -0.05) is 23.8 Å². The van der Waals surface area contributed by atoms with E-state index in [9.17, 15) is 18.0 Å². The molecule has 20 heavy (non-hydrogen) atoms. The van der Waals surface area contributed by atoms with Crippen LogP contribution in [-0.4, -0.2) is 17.1 Å². The van der Waals surface area contributed by atoms with E-state index in [4.69, 9.17) is 10.4 Å². The second-order valence-electron chi connectivity index (χ2n) is 3.51. The third-order valence-corrected chi connectivity index (χ3v) is 1.73. The predicted octanol–water partition coefficient (Wildman–Crippen LogP) is 4.08. The van der Waals surface area contributed by atoms with E-state index in [1.165, 1.54) is 5.56 Å². The van der Waals surface area contributed by atoms with Crippen molar-refractivity contribution in [2.45, 2.75) is 26.9 Å². The van der Waals surface area contributed by atoms with Crippen molar-refractivity contribution in [3.05, 3.63) is 47.7 Å². The maximum absolute atomic E-state index is 10.8. The van der Waals surface area contributed by atoms with E-state index in [-0.39, 0.29) is 0 Å². The van der Waals surface area contributed by atoms with Crippen molar-refractivity contribution in [3.8, 4) is 6.07 Å². The van der Waals surface area contributed by atoms with E-state index >= 15 is 0 Å². The second kappa shape index (κ2) is 10.6. The number of aryl methyl sites for hydroxylation is 1. The molecule has 1 rings (SSSR count). The molecule has 0 heterocycles. The highest BCUT2D eigenvalue weighted by Gasteiger charge is 2.33. The molecule has 0 fully saturated rings. The molecule has 1 N–H and O–H groups in total. The Morgan fingerprint density at radius 1 is 1.30 bits per heavy atom. The third-order valence-electron chi connectivity index (χ3n) is 1.73. The van der Waals surface area contributed by atoms with Gasteiger partial charge in [-0.3, -0.25) is 4.79 Å². The van der Waals surface area contributed by atoms with E-state index in [2.05, 4.69) is 6.07 Å². The summed E-state index contributed by atoms with van der Waals surface area (Å²) in [5, 5.41) is 16.1. The largest absolute Gasteiger partial charge is 0.516 e. The van der Waals surface area contributed by atoms with Crippen molar-refractivity contribution in [2.24, 2.45) is 0 Å². The zero-order valence-corrected chi connectivity index (χ0v) is 11.4. The highest BCUT2D eigenvalue weighted by Crippen LogP contribution is 2.14. The second-order valence-corrected chi connectivity index (χ2v) is 3.51. The SMILES string of the molecule is C/C=C\O.CC(=O)C(F)(F)F.Cc1ccc(C#N)cc1. The summed E-state index contributed by atoms with van der Waals surface area (Å²) in [6, 6.07) is 9.54. The van der Waals surface area contributed by atoms with E-state index < -0.39 is 12.0 Å². The maximum atomic E-state index is 10.8. The molecular formula is C14H16F3NO2. The average Bonchev–Trinajstić information content (AvgIpc) is 2.39. The predicted molar refractivity (Wildman–Crippen MR) is 70.1 cm³/mol. The van der Waals surface area contributed by atoms with Crippen LogP contribution in [0.2, 0.25) is 0 Å². The van der Waals surface area contributed by atoms with Crippen molar-refractivity contribution in [1.29, 1.82) is 5.26 Å². The van der Waals surface area contributed by atoms with Gasteiger partial charge in [0.1, 0.15) is 0 Å². The number of Topliss-reactive ketones (excluding diaryl/α,β-unsaturated/α-hetero) is 1. The number of rotatable bonds is 0. The molecule has 0 aliphatic rings. The lowest BCUT2D eigenvalue weighted by atomic mass is 10.2. The number of aliphatic hydroxyl groups is 1. The molecule has 0 radical (unpaired) electrons. The summed E-state index contributed by atoms with van der Waals surface area (Å²) in [5.74, 6) is -1.76. The lowest BCUT2D eigenvalue weighted by Crippen LogP contribution is -2.18. The minimum atomic E-state index is -4.64. The number of allylic oxidation sites excluding steroid dienone is 1. The Kier molecular flexibility index (Phi) is 10.6. The molecule has 0 bridgehead atoms. The van der Waals surface area contributed by atoms with Gasteiger partial charge < -0.3 is 5.11 Å². The van der Waals surface area contributed by atoms with Gasteiger partial charge in [-0.2, -0.15) is 18.4 Å². The first-order valence-corrected chi connectivity index (χ1v) is 5.48. The van der Waals surface area contributed by atoms with Gasteiger partial charge in [0.05, 0.1) is 17.9 Å². The molecule has 0 saturated carbocycles. The molecule has 0 saturated heterocycles. The highest BCUT2D eigenvalue weighted by molar-refractivity contribution is 5.81. The molecule has 0 spiro atoms. The summed E-state index contributed by atoms with van der Waals surface area (Å²) >= 11 is 0. The van der Waals surface area contributed by atoms with Crippen LogP contribution in [0, 0.1) is 18.3 Å². The van der Waals surface area contributed by atoms with Crippen LogP contribution in [0.4, 0.5) is 13.2 Å². The lowest BCUT2D eigenvalue weighted by Gasteiger charge is -1.95. The van der Waals surface area contributed by atoms with E-state index in [1.54, 1.807) is 13.0 Å². The molecule has 110 valence electrons. The van der Waals surface area contributed by atoms with Crippen LogP contribution in [0.15, 0.2) is 36.6 Å². The Morgan fingerprint density at radius 3 is 1.85 bits per heavy atom. The Labute approximate surface area is 116 Å². The van der Waals surface area contributed by atoms with Crippen molar-refractivity contribution < 1.29 is 23.1 Å². The van der Waals surface area contributed by atoms with Gasteiger partial charge in [-0.05, 0) is 26.0 Å². The van der Waals surface area contributed by atoms with Crippen molar-refractivity contribution in [3.63, 3.8) is 0 Å². The number of benzene rings is 1. The van der Waals surface area contributed by atoms with E-state index in [1.807, 2.05) is 31.2 Å². The fourth-order valence-electron chi connectivity index (χ4n) is 0.628. The van der Waals surface area contributed by atoms with Crippen LogP contribution in [0.25, 0.3) is 0 Å². The molecular weight excluding hydrogens is 271 g/mol. The average molecular weight is 287 g/mol. The van der Waals surface area contributed by atoms with Gasteiger partial charge in [0.15, 0.2) is 0 Å². The minimum absolute atomic E-state index is 0.486. The van der Waals surface area contributed by atoms with Crippen molar-refractivity contribution >= 4 is 5.78 Å². The molecule has 1 aromatic rings. The first-order valence-electron chi connectivity index (χ1n) is 5.48. The number of carbonyl (C=O) groups excluding carboxylic acids is 1. The van der Waals surface area contributed by atoms with Gasteiger partial charge >= 0.3 is 6.18 Å². The molecule has 0 unspecified atom stereocenters. The summed E-state index contributed by atoms with van der Waals surface area (Å²) in [6.45, 7) is 4.24. The van der Waals surface area contributed by atoms with Crippen LogP contribution in [-0.2, 0) is 4.79 Å². The Balaban J connectivity index is 0. The number of nitrogens with zero attached hydrogens (tertiary/aromatic N) is 1. The summed E-state index contributed by atoms with van der Waals surface area (Å²) in [4.78, 5) is 9.34. The minimum Gasteiger partial charge on any atom is -0.516 e. The standard InChI is InChI=1S/C8H7N.C3H3F3O.C3H6O/c1-7-2-4-8(6-9)5-3-7;1-2(7)3(4,5)6;1-2-3-4/h2-5H,1H3;1H3;2-4H,1H3/b;;3-2-. The summed E-state index contributed by atoms with van der Waals surface area (Å²) in [6.07, 6.45) is -2.08. The molecule has 0 aliphatic heterocycles.